The van der Waals surface area contributed by atoms with E-state index < -0.39 is 0 Å². The van der Waals surface area contributed by atoms with Crippen molar-refractivity contribution in [1.82, 2.24) is 4.57 Å². The Kier molecular flexibility index (Phi) is 2.90. The van der Waals surface area contributed by atoms with Crippen LogP contribution in [0.2, 0.25) is 0 Å². The van der Waals surface area contributed by atoms with Crippen LogP contribution in [0.5, 0.6) is 5.75 Å². The molecule has 0 saturated heterocycles. The van der Waals surface area contributed by atoms with E-state index in [0.29, 0.717) is 0 Å². The quantitative estimate of drug-likeness (QED) is 0.769. The minimum absolute atomic E-state index is 0.975. The molecule has 86 valence electrons. The zero-order valence-corrected chi connectivity index (χ0v) is 10.5. The van der Waals surface area contributed by atoms with E-state index in [1.54, 1.807) is 7.11 Å². The Balaban J connectivity index is 2.82. The highest BCUT2D eigenvalue weighted by molar-refractivity contribution is 5.90. The van der Waals surface area contributed by atoms with Crippen molar-refractivity contribution in [1.29, 1.82) is 0 Å². The first-order chi connectivity index (χ1) is 7.72. The zero-order valence-electron chi connectivity index (χ0n) is 10.5. The Morgan fingerprint density at radius 2 is 1.94 bits per heavy atom. The molecule has 2 aromatic rings. The second-order valence-corrected chi connectivity index (χ2v) is 4.09. The van der Waals surface area contributed by atoms with Crippen LogP contribution >= 0.6 is 0 Å². The Bertz CT molecular complexity index is 511. The zero-order chi connectivity index (χ0) is 11.7. The lowest BCUT2D eigenvalue weighted by Crippen LogP contribution is -1.96. The molecule has 2 nitrogen and oxygen atoms in total. The minimum Gasteiger partial charge on any atom is -0.496 e. The van der Waals surface area contributed by atoms with Crippen LogP contribution < -0.4 is 4.74 Å². The van der Waals surface area contributed by atoms with Crippen LogP contribution in [0.15, 0.2) is 18.2 Å². The van der Waals surface area contributed by atoms with Crippen molar-refractivity contribution in [3.8, 4) is 5.75 Å². The van der Waals surface area contributed by atoms with Crippen molar-refractivity contribution in [2.75, 3.05) is 7.11 Å². The number of benzene rings is 1. The molecule has 16 heavy (non-hydrogen) atoms. The normalized spacial score (nSPS) is 11.0. The monoisotopic (exact) mass is 217 g/mol. The summed E-state index contributed by atoms with van der Waals surface area (Å²) >= 11 is 0. The van der Waals surface area contributed by atoms with Gasteiger partial charge in [0.05, 0.1) is 12.6 Å². The number of ether oxygens (including phenoxy) is 1. The minimum atomic E-state index is 0.975. The molecule has 0 aliphatic rings. The lowest BCUT2D eigenvalue weighted by molar-refractivity contribution is 0.419. The summed E-state index contributed by atoms with van der Waals surface area (Å²) in [5, 5.41) is 1.24. The molecule has 0 saturated carbocycles. The molecule has 0 N–H and O–H groups in total. The van der Waals surface area contributed by atoms with Gasteiger partial charge in [-0.15, -0.1) is 0 Å². The predicted molar refractivity (Wildman–Crippen MR) is 68.2 cm³/mol. The number of hydrogen-bond acceptors (Lipinski definition) is 1. The number of methoxy groups -OCH3 is 1. The van der Waals surface area contributed by atoms with Gasteiger partial charge in [-0.05, 0) is 30.5 Å². The Morgan fingerprint density at radius 1 is 1.19 bits per heavy atom. The third kappa shape index (κ3) is 1.49. The standard InChI is InChI=1S/C14H19NO/c1-5-10-7-8-13(16-4)12-9-11(6-2)15(3)14(10)12/h7-9H,5-6H2,1-4H3. The topological polar surface area (TPSA) is 14.2 Å². The fourth-order valence-electron chi connectivity index (χ4n) is 2.38. The van der Waals surface area contributed by atoms with Crippen LogP contribution in [-0.4, -0.2) is 11.7 Å². The molecule has 1 aromatic carbocycles. The van der Waals surface area contributed by atoms with Gasteiger partial charge in [0.25, 0.3) is 0 Å². The van der Waals surface area contributed by atoms with E-state index in [0.717, 1.165) is 18.6 Å². The van der Waals surface area contributed by atoms with Gasteiger partial charge in [0.1, 0.15) is 5.75 Å². The maximum absolute atomic E-state index is 5.43. The molecule has 0 fully saturated rings. The fraction of sp³-hybridized carbons (Fsp3) is 0.429. The van der Waals surface area contributed by atoms with Gasteiger partial charge in [0.2, 0.25) is 0 Å². The average molecular weight is 217 g/mol. The second-order valence-electron chi connectivity index (χ2n) is 4.09. The molecule has 2 heteroatoms. The fourth-order valence-corrected chi connectivity index (χ4v) is 2.38. The number of aromatic nitrogens is 1. The molecule has 0 unspecified atom stereocenters. The first-order valence-corrected chi connectivity index (χ1v) is 5.87. The van der Waals surface area contributed by atoms with Gasteiger partial charge in [-0.25, -0.2) is 0 Å². The van der Waals surface area contributed by atoms with E-state index in [2.05, 4.69) is 43.7 Å². The third-order valence-corrected chi connectivity index (χ3v) is 3.30. The molecule has 0 amide bonds. The molecule has 0 atom stereocenters. The van der Waals surface area contributed by atoms with E-state index in [1.165, 1.54) is 22.2 Å². The van der Waals surface area contributed by atoms with Crippen molar-refractivity contribution < 1.29 is 4.74 Å². The van der Waals surface area contributed by atoms with Gasteiger partial charge in [0.15, 0.2) is 0 Å². The van der Waals surface area contributed by atoms with Crippen LogP contribution in [0.1, 0.15) is 25.1 Å². The first kappa shape index (κ1) is 11.1. The highest BCUT2D eigenvalue weighted by Gasteiger charge is 2.11. The summed E-state index contributed by atoms with van der Waals surface area (Å²) in [6, 6.07) is 6.48. The van der Waals surface area contributed by atoms with Gasteiger partial charge in [0, 0.05) is 18.1 Å². The van der Waals surface area contributed by atoms with Crippen molar-refractivity contribution in [3.05, 3.63) is 29.5 Å². The maximum atomic E-state index is 5.43. The Hall–Kier alpha value is -1.44. The van der Waals surface area contributed by atoms with Gasteiger partial charge in [-0.1, -0.05) is 19.9 Å². The molecule has 0 bridgehead atoms. The molecule has 2 rings (SSSR count). The van der Waals surface area contributed by atoms with E-state index in [1.807, 2.05) is 0 Å². The molecular weight excluding hydrogens is 198 g/mol. The van der Waals surface area contributed by atoms with Crippen molar-refractivity contribution >= 4 is 10.9 Å². The number of hydrogen-bond donors (Lipinski definition) is 0. The van der Waals surface area contributed by atoms with Gasteiger partial charge in [-0.2, -0.15) is 0 Å². The molecule has 1 aromatic heterocycles. The number of rotatable bonds is 3. The van der Waals surface area contributed by atoms with Crippen molar-refractivity contribution in [2.45, 2.75) is 26.7 Å². The Morgan fingerprint density at radius 3 is 2.50 bits per heavy atom. The number of nitrogens with zero attached hydrogens (tertiary/aromatic N) is 1. The lowest BCUT2D eigenvalue weighted by atomic mass is 10.1. The summed E-state index contributed by atoms with van der Waals surface area (Å²) in [7, 11) is 3.87. The molecule has 0 aliphatic heterocycles. The van der Waals surface area contributed by atoms with Crippen LogP contribution in [0.4, 0.5) is 0 Å². The summed E-state index contributed by atoms with van der Waals surface area (Å²) in [5.74, 6) is 0.975. The summed E-state index contributed by atoms with van der Waals surface area (Å²) < 4.78 is 7.71. The third-order valence-electron chi connectivity index (χ3n) is 3.30. The van der Waals surface area contributed by atoms with E-state index >= 15 is 0 Å². The highest BCUT2D eigenvalue weighted by Crippen LogP contribution is 2.31. The average Bonchev–Trinajstić information content (AvgIpc) is 2.66. The number of fused-ring (bicyclic) bond motifs is 1. The molecular formula is C14H19NO. The largest absolute Gasteiger partial charge is 0.496 e. The van der Waals surface area contributed by atoms with E-state index in [4.69, 9.17) is 4.74 Å². The second kappa shape index (κ2) is 4.20. The van der Waals surface area contributed by atoms with Crippen molar-refractivity contribution in [2.24, 2.45) is 7.05 Å². The molecule has 0 spiro atoms. The summed E-state index contributed by atoms with van der Waals surface area (Å²) in [6.07, 6.45) is 2.11. The predicted octanol–water partition coefficient (Wildman–Crippen LogP) is 3.31. The maximum Gasteiger partial charge on any atom is 0.128 e. The van der Waals surface area contributed by atoms with Crippen LogP contribution in [0, 0.1) is 0 Å². The molecule has 0 radical (unpaired) electrons. The molecule has 1 heterocycles. The summed E-state index contributed by atoms with van der Waals surface area (Å²) in [6.45, 7) is 4.38. The highest BCUT2D eigenvalue weighted by atomic mass is 16.5. The van der Waals surface area contributed by atoms with Crippen LogP contribution in [0.25, 0.3) is 10.9 Å². The van der Waals surface area contributed by atoms with E-state index in [9.17, 15) is 0 Å². The SMILES string of the molecule is CCc1ccc(OC)c2cc(CC)n(C)c12. The lowest BCUT2D eigenvalue weighted by Gasteiger charge is -2.08. The number of aryl methyl sites for hydroxylation is 3. The summed E-state index contributed by atoms with van der Waals surface area (Å²) in [4.78, 5) is 0. The van der Waals surface area contributed by atoms with Crippen molar-refractivity contribution in [3.63, 3.8) is 0 Å². The Labute approximate surface area is 96.8 Å². The summed E-state index contributed by atoms with van der Waals surface area (Å²) in [5.41, 5.74) is 4.06. The van der Waals surface area contributed by atoms with Gasteiger partial charge in [-0.3, -0.25) is 0 Å². The van der Waals surface area contributed by atoms with E-state index in [-0.39, 0.29) is 0 Å². The van der Waals surface area contributed by atoms with Gasteiger partial charge < -0.3 is 9.30 Å². The van der Waals surface area contributed by atoms with Gasteiger partial charge >= 0.3 is 0 Å². The smallest absolute Gasteiger partial charge is 0.128 e. The van der Waals surface area contributed by atoms with Crippen LogP contribution in [-0.2, 0) is 19.9 Å². The van der Waals surface area contributed by atoms with Crippen LogP contribution in [0.3, 0.4) is 0 Å². The molecule has 0 aliphatic carbocycles. The first-order valence-electron chi connectivity index (χ1n) is 5.87.